The molecule has 5 rings (SSSR count). The third-order valence-electron chi connectivity index (χ3n) is 7.84. The van der Waals surface area contributed by atoms with Gasteiger partial charge in [0.15, 0.2) is 35.8 Å². The summed E-state index contributed by atoms with van der Waals surface area (Å²) in [6, 6.07) is 5.19. The number of rotatable bonds is 8. The molecular weight excluding hydrogens is 660 g/mol. The minimum Gasteiger partial charge on any atom is -0.508 e. The zero-order valence-electron chi connectivity index (χ0n) is 26.0. The average molecular weight is 695 g/mol. The van der Waals surface area contributed by atoms with Crippen LogP contribution in [0, 0.1) is 0 Å². The van der Waals surface area contributed by atoms with Crippen LogP contribution in [-0.2, 0) is 33.3 Å². The summed E-state index contributed by atoms with van der Waals surface area (Å²) >= 11 is 0. The van der Waals surface area contributed by atoms with Crippen molar-refractivity contribution in [3.8, 4) is 40.1 Å². The van der Waals surface area contributed by atoms with Crippen LogP contribution in [0.1, 0.15) is 20.8 Å². The second-order valence-electron chi connectivity index (χ2n) is 11.4. The molecule has 3 heterocycles. The van der Waals surface area contributed by atoms with Gasteiger partial charge >= 0.3 is 11.9 Å². The van der Waals surface area contributed by atoms with Gasteiger partial charge in [-0.2, -0.15) is 0 Å². The number of ether oxygens (including phenoxy) is 6. The van der Waals surface area contributed by atoms with Crippen molar-refractivity contribution in [1.82, 2.24) is 0 Å². The van der Waals surface area contributed by atoms with Crippen LogP contribution >= 0.6 is 0 Å². The summed E-state index contributed by atoms with van der Waals surface area (Å²) in [7, 11) is 0. The number of phenolic OH excluding ortho intramolecular Hbond substituents is 4. The third kappa shape index (κ3) is 7.20. The Morgan fingerprint density at radius 3 is 2.10 bits per heavy atom. The van der Waals surface area contributed by atoms with E-state index in [-0.39, 0.29) is 11.1 Å². The first-order valence-electron chi connectivity index (χ1n) is 14.8. The smallest absolute Gasteiger partial charge is 0.303 e. The Morgan fingerprint density at radius 2 is 1.45 bits per heavy atom. The standard InChI is InChI=1S/C31H34O18/c1-10-26(45-11(2)32)29(46-12(3)33)25(42)30(44-10)43-9-19-21(38)23(40)24(41)31(48-19)49-28-22(39)20-17(37)7-14(34)8-18(20)47-27(28)13-4-5-15(35)16(36)6-13/h4-8,10,19,21,23-26,29-31,34-38,40-42H,9H2,1-3H3/t10-,19+,21+,23-,24+,25-,26-,29+,30+,31-/m0/s1. The lowest BCUT2D eigenvalue weighted by Gasteiger charge is -2.43. The molecule has 2 aliphatic heterocycles. The van der Waals surface area contributed by atoms with E-state index in [0.29, 0.717) is 0 Å². The molecule has 2 aromatic carbocycles. The third-order valence-corrected chi connectivity index (χ3v) is 7.84. The Kier molecular flexibility index (Phi) is 10.2. The highest BCUT2D eigenvalue weighted by Gasteiger charge is 2.50. The van der Waals surface area contributed by atoms with Crippen molar-refractivity contribution in [1.29, 1.82) is 0 Å². The minimum absolute atomic E-state index is 0.0511. The Bertz CT molecular complexity index is 1770. The number of carbonyl (C=O) groups is 2. The molecule has 0 bridgehead atoms. The molecule has 10 atom stereocenters. The number of phenols is 4. The molecular formula is C31H34O18. The fourth-order valence-corrected chi connectivity index (χ4v) is 5.49. The number of aliphatic hydroxyl groups is 4. The van der Waals surface area contributed by atoms with Crippen LogP contribution in [0.15, 0.2) is 39.5 Å². The van der Waals surface area contributed by atoms with Crippen molar-refractivity contribution in [2.75, 3.05) is 6.61 Å². The lowest BCUT2D eigenvalue weighted by atomic mass is 9.98. The molecule has 0 spiro atoms. The largest absolute Gasteiger partial charge is 0.508 e. The SMILES string of the molecule is CC(=O)O[C@@H]1[C@H](O)[C@H](OC[C@H]2O[C@@H](Oc3c(-c4ccc(O)c(O)c4)oc4cc(O)cc(O)c4c3=O)[C@H](O)[C@@H](O)[C@@H]2O)O[C@@H](C)[C@@H]1OC(C)=O. The molecule has 0 aliphatic carbocycles. The van der Waals surface area contributed by atoms with Gasteiger partial charge in [-0.05, 0) is 25.1 Å². The lowest BCUT2D eigenvalue weighted by Crippen LogP contribution is -2.62. The molecule has 1 aromatic heterocycles. The van der Waals surface area contributed by atoms with E-state index >= 15 is 0 Å². The number of hydrogen-bond donors (Lipinski definition) is 8. The number of esters is 2. The fraction of sp³-hybridized carbons (Fsp3) is 0.452. The van der Waals surface area contributed by atoms with Crippen molar-refractivity contribution < 1.29 is 83.3 Å². The van der Waals surface area contributed by atoms with Gasteiger partial charge in [-0.15, -0.1) is 0 Å². The van der Waals surface area contributed by atoms with Crippen molar-refractivity contribution in [3.63, 3.8) is 0 Å². The van der Waals surface area contributed by atoms with Crippen molar-refractivity contribution in [3.05, 3.63) is 40.6 Å². The first kappa shape index (κ1) is 35.6. The highest BCUT2D eigenvalue weighted by molar-refractivity contribution is 5.88. The second kappa shape index (κ2) is 14.0. The van der Waals surface area contributed by atoms with Gasteiger partial charge in [0.2, 0.25) is 17.5 Å². The molecule has 0 radical (unpaired) electrons. The summed E-state index contributed by atoms with van der Waals surface area (Å²) in [5, 5.41) is 82.9. The molecule has 8 N–H and O–H groups in total. The zero-order chi connectivity index (χ0) is 35.9. The van der Waals surface area contributed by atoms with E-state index in [1.165, 1.54) is 13.0 Å². The topological polar surface area (TPSA) is 282 Å². The van der Waals surface area contributed by atoms with Crippen molar-refractivity contribution in [2.24, 2.45) is 0 Å². The van der Waals surface area contributed by atoms with Crippen LogP contribution in [0.2, 0.25) is 0 Å². The lowest BCUT2D eigenvalue weighted by molar-refractivity contribution is -0.320. The molecule has 18 heteroatoms. The normalized spacial score (nSPS) is 30.1. The van der Waals surface area contributed by atoms with Crippen molar-refractivity contribution >= 4 is 22.9 Å². The molecule has 0 saturated carbocycles. The molecule has 49 heavy (non-hydrogen) atoms. The van der Waals surface area contributed by atoms with E-state index in [4.69, 9.17) is 32.8 Å². The Hall–Kier alpha value is -4.69. The highest BCUT2D eigenvalue weighted by Crippen LogP contribution is 2.39. The summed E-state index contributed by atoms with van der Waals surface area (Å²) in [5.41, 5.74) is -1.41. The van der Waals surface area contributed by atoms with E-state index in [2.05, 4.69) is 0 Å². The van der Waals surface area contributed by atoms with Crippen LogP contribution < -0.4 is 10.2 Å². The number of aliphatic hydroxyl groups excluding tert-OH is 4. The van der Waals surface area contributed by atoms with E-state index < -0.39 is 125 Å². The van der Waals surface area contributed by atoms with Crippen LogP contribution in [0.3, 0.4) is 0 Å². The molecule has 2 fully saturated rings. The van der Waals surface area contributed by atoms with E-state index in [1.807, 2.05) is 0 Å². The maximum absolute atomic E-state index is 13.7. The number of benzene rings is 2. The highest BCUT2D eigenvalue weighted by atomic mass is 16.7. The minimum atomic E-state index is -2.01. The number of aromatic hydroxyl groups is 4. The van der Waals surface area contributed by atoms with Crippen molar-refractivity contribution in [2.45, 2.75) is 82.2 Å². The summed E-state index contributed by atoms with van der Waals surface area (Å²) in [6.07, 6.45) is -16.1. The summed E-state index contributed by atoms with van der Waals surface area (Å²) < 4.78 is 38.7. The van der Waals surface area contributed by atoms with Gasteiger partial charge in [-0.3, -0.25) is 14.4 Å². The molecule has 18 nitrogen and oxygen atoms in total. The van der Waals surface area contributed by atoms with E-state index in [9.17, 15) is 55.2 Å². The number of hydrogen-bond acceptors (Lipinski definition) is 18. The van der Waals surface area contributed by atoms with Gasteiger partial charge in [-0.1, -0.05) is 0 Å². The zero-order valence-corrected chi connectivity index (χ0v) is 26.0. The predicted molar refractivity (Wildman–Crippen MR) is 159 cm³/mol. The van der Waals surface area contributed by atoms with Crippen LogP contribution in [0.5, 0.6) is 28.7 Å². The van der Waals surface area contributed by atoms with Gasteiger partial charge in [0.25, 0.3) is 0 Å². The summed E-state index contributed by atoms with van der Waals surface area (Å²) in [5.74, 6) is -4.98. The van der Waals surface area contributed by atoms with Crippen LogP contribution in [-0.4, -0.2) is 121 Å². The maximum Gasteiger partial charge on any atom is 0.303 e. The van der Waals surface area contributed by atoms with Crippen LogP contribution in [0.25, 0.3) is 22.3 Å². The molecule has 0 amide bonds. The van der Waals surface area contributed by atoms with E-state index in [0.717, 1.165) is 38.1 Å². The van der Waals surface area contributed by atoms with Gasteiger partial charge in [0.05, 0.1) is 12.7 Å². The Morgan fingerprint density at radius 1 is 0.776 bits per heavy atom. The van der Waals surface area contributed by atoms with Gasteiger partial charge in [0, 0.05) is 31.5 Å². The fourth-order valence-electron chi connectivity index (χ4n) is 5.49. The summed E-state index contributed by atoms with van der Waals surface area (Å²) in [4.78, 5) is 37.0. The molecule has 2 aliphatic rings. The first-order chi connectivity index (χ1) is 23.1. The molecule has 0 unspecified atom stereocenters. The second-order valence-corrected chi connectivity index (χ2v) is 11.4. The average Bonchev–Trinajstić information content (AvgIpc) is 3.02. The molecule has 266 valence electrons. The first-order valence-corrected chi connectivity index (χ1v) is 14.8. The predicted octanol–water partition coefficient (Wildman–Crippen LogP) is -0.546. The number of fused-ring (bicyclic) bond motifs is 1. The number of carbonyl (C=O) groups excluding carboxylic acids is 2. The van der Waals surface area contributed by atoms with E-state index in [1.54, 1.807) is 0 Å². The van der Waals surface area contributed by atoms with Crippen LogP contribution in [0.4, 0.5) is 0 Å². The monoisotopic (exact) mass is 694 g/mol. The molecule has 2 saturated heterocycles. The quantitative estimate of drug-likeness (QED) is 0.108. The Balaban J connectivity index is 1.43. The Labute approximate surface area is 275 Å². The molecule has 3 aromatic rings. The maximum atomic E-state index is 13.7. The summed E-state index contributed by atoms with van der Waals surface area (Å²) in [6.45, 7) is 2.99. The van der Waals surface area contributed by atoms with Gasteiger partial charge in [-0.25, -0.2) is 0 Å². The van der Waals surface area contributed by atoms with Gasteiger partial charge < -0.3 is 73.7 Å². The van der Waals surface area contributed by atoms with Gasteiger partial charge in [0.1, 0.15) is 53.0 Å².